The van der Waals surface area contributed by atoms with Crippen molar-refractivity contribution in [2.45, 2.75) is 38.9 Å². The maximum atomic E-state index is 6.07. The van der Waals surface area contributed by atoms with Crippen molar-refractivity contribution in [3.63, 3.8) is 0 Å². The van der Waals surface area contributed by atoms with Crippen LogP contribution in [0, 0.1) is 0 Å². The lowest BCUT2D eigenvalue weighted by Crippen LogP contribution is -2.41. The van der Waals surface area contributed by atoms with Crippen molar-refractivity contribution >= 4 is 24.4 Å². The molecular formula is C16H23BN2O2. The summed E-state index contributed by atoms with van der Waals surface area (Å²) in [6, 6.07) is 8.00. The molecule has 0 aromatic heterocycles. The first-order valence-electron chi connectivity index (χ1n) is 7.11. The molecule has 0 atom stereocenters. The van der Waals surface area contributed by atoms with Crippen LogP contribution in [0.15, 0.2) is 35.5 Å². The van der Waals surface area contributed by atoms with E-state index in [0.29, 0.717) is 0 Å². The number of nitrogens with two attached hydrogens (primary N) is 1. The zero-order valence-corrected chi connectivity index (χ0v) is 13.4. The van der Waals surface area contributed by atoms with Gasteiger partial charge in [-0.05, 0) is 38.7 Å². The smallest absolute Gasteiger partial charge is 0.404 e. The Kier molecular flexibility index (Phi) is 4.26. The summed E-state index contributed by atoms with van der Waals surface area (Å²) in [5, 5.41) is 0. The van der Waals surface area contributed by atoms with Crippen molar-refractivity contribution in [1.82, 2.24) is 0 Å². The van der Waals surface area contributed by atoms with Gasteiger partial charge >= 0.3 is 7.12 Å². The molecule has 0 spiro atoms. The molecule has 1 aromatic rings. The van der Waals surface area contributed by atoms with E-state index in [1.807, 2.05) is 52.0 Å². The van der Waals surface area contributed by atoms with Gasteiger partial charge in [-0.3, -0.25) is 4.99 Å². The van der Waals surface area contributed by atoms with Gasteiger partial charge in [-0.1, -0.05) is 24.3 Å². The molecule has 0 unspecified atom stereocenters. The van der Waals surface area contributed by atoms with Crippen LogP contribution in [0.25, 0.3) is 5.57 Å². The molecule has 0 radical (unpaired) electrons. The SMILES string of the molecule is CN=C/C(=C\N)c1cccc(B2OC(C)(C)C(C)(C)O2)c1. The third kappa shape index (κ3) is 3.04. The summed E-state index contributed by atoms with van der Waals surface area (Å²) >= 11 is 0. The van der Waals surface area contributed by atoms with Gasteiger partial charge in [0, 0.05) is 25.0 Å². The first-order valence-corrected chi connectivity index (χ1v) is 7.11. The van der Waals surface area contributed by atoms with E-state index in [9.17, 15) is 0 Å². The third-order valence-electron chi connectivity index (χ3n) is 4.19. The minimum atomic E-state index is -0.368. The quantitative estimate of drug-likeness (QED) is 0.683. The standard InChI is InChI=1S/C16H23BN2O2/c1-15(2)16(3,4)21-17(20-15)14-8-6-7-12(9-14)13(10-18)11-19-5/h6-11H,18H2,1-5H3/b13-10+,19-11?. The monoisotopic (exact) mass is 286 g/mol. The second kappa shape index (κ2) is 5.66. The van der Waals surface area contributed by atoms with Gasteiger partial charge in [0.15, 0.2) is 0 Å². The lowest BCUT2D eigenvalue weighted by Gasteiger charge is -2.32. The molecule has 1 heterocycles. The highest BCUT2D eigenvalue weighted by molar-refractivity contribution is 6.62. The lowest BCUT2D eigenvalue weighted by atomic mass is 9.78. The molecule has 2 N–H and O–H groups in total. The molecule has 0 saturated carbocycles. The molecule has 2 rings (SSSR count). The van der Waals surface area contributed by atoms with Crippen molar-refractivity contribution in [3.8, 4) is 0 Å². The summed E-state index contributed by atoms with van der Waals surface area (Å²) in [5.41, 5.74) is 7.83. The van der Waals surface area contributed by atoms with Gasteiger partial charge in [0.2, 0.25) is 0 Å². The van der Waals surface area contributed by atoms with Crippen LogP contribution in [0.5, 0.6) is 0 Å². The van der Waals surface area contributed by atoms with Crippen molar-refractivity contribution in [1.29, 1.82) is 0 Å². The molecular weight excluding hydrogens is 263 g/mol. The zero-order valence-electron chi connectivity index (χ0n) is 13.4. The summed E-state index contributed by atoms with van der Waals surface area (Å²) in [4.78, 5) is 4.02. The van der Waals surface area contributed by atoms with E-state index in [4.69, 9.17) is 15.0 Å². The number of hydrogen-bond donors (Lipinski definition) is 1. The van der Waals surface area contributed by atoms with Crippen LogP contribution in [0.1, 0.15) is 33.3 Å². The maximum Gasteiger partial charge on any atom is 0.494 e. The zero-order chi connectivity index (χ0) is 15.7. The van der Waals surface area contributed by atoms with E-state index in [1.54, 1.807) is 19.5 Å². The van der Waals surface area contributed by atoms with E-state index in [2.05, 4.69) is 4.99 Å². The second-order valence-electron chi connectivity index (χ2n) is 6.22. The number of hydrogen-bond acceptors (Lipinski definition) is 4. The summed E-state index contributed by atoms with van der Waals surface area (Å²) < 4.78 is 12.1. The van der Waals surface area contributed by atoms with Crippen LogP contribution < -0.4 is 11.2 Å². The van der Waals surface area contributed by atoms with Crippen LogP contribution in [0.2, 0.25) is 0 Å². The van der Waals surface area contributed by atoms with Gasteiger partial charge in [0.1, 0.15) is 0 Å². The van der Waals surface area contributed by atoms with Crippen molar-refractivity contribution in [2.24, 2.45) is 10.7 Å². The Hall–Kier alpha value is -1.59. The highest BCUT2D eigenvalue weighted by atomic mass is 16.7. The molecule has 1 aliphatic rings. The number of nitrogens with zero attached hydrogens (tertiary/aromatic N) is 1. The Labute approximate surface area is 127 Å². The molecule has 4 nitrogen and oxygen atoms in total. The number of rotatable bonds is 3. The van der Waals surface area contributed by atoms with Gasteiger partial charge in [-0.2, -0.15) is 0 Å². The maximum absolute atomic E-state index is 6.07. The normalized spacial score (nSPS) is 21.2. The minimum absolute atomic E-state index is 0.342. The van der Waals surface area contributed by atoms with Gasteiger partial charge in [-0.15, -0.1) is 0 Å². The summed E-state index contributed by atoms with van der Waals surface area (Å²) in [6.07, 6.45) is 3.29. The van der Waals surface area contributed by atoms with Gasteiger partial charge in [0.05, 0.1) is 11.2 Å². The molecule has 0 aliphatic carbocycles. The Morgan fingerprint density at radius 1 is 1.19 bits per heavy atom. The molecule has 1 aliphatic heterocycles. The van der Waals surface area contributed by atoms with E-state index >= 15 is 0 Å². The molecule has 0 bridgehead atoms. The summed E-state index contributed by atoms with van der Waals surface area (Å²) in [5.74, 6) is 0. The lowest BCUT2D eigenvalue weighted by molar-refractivity contribution is 0.00578. The fraction of sp³-hybridized carbons (Fsp3) is 0.438. The van der Waals surface area contributed by atoms with Gasteiger partial charge in [-0.25, -0.2) is 0 Å². The fourth-order valence-corrected chi connectivity index (χ4v) is 2.20. The average Bonchev–Trinajstić information content (AvgIpc) is 2.65. The molecule has 21 heavy (non-hydrogen) atoms. The Morgan fingerprint density at radius 3 is 2.33 bits per heavy atom. The highest BCUT2D eigenvalue weighted by Gasteiger charge is 2.51. The van der Waals surface area contributed by atoms with E-state index < -0.39 is 0 Å². The number of benzene rings is 1. The molecule has 0 amide bonds. The molecule has 5 heteroatoms. The summed E-state index contributed by atoms with van der Waals surface area (Å²) in [6.45, 7) is 8.19. The first-order chi connectivity index (χ1) is 9.80. The fourth-order valence-electron chi connectivity index (χ4n) is 2.20. The van der Waals surface area contributed by atoms with Crippen LogP contribution in [0.4, 0.5) is 0 Å². The van der Waals surface area contributed by atoms with Crippen molar-refractivity contribution in [2.75, 3.05) is 7.05 Å². The average molecular weight is 286 g/mol. The molecule has 1 fully saturated rings. The van der Waals surface area contributed by atoms with E-state index in [1.165, 1.54) is 0 Å². The highest BCUT2D eigenvalue weighted by Crippen LogP contribution is 2.36. The third-order valence-corrected chi connectivity index (χ3v) is 4.19. The van der Waals surface area contributed by atoms with Crippen LogP contribution in [0.3, 0.4) is 0 Å². The van der Waals surface area contributed by atoms with Crippen LogP contribution >= 0.6 is 0 Å². The van der Waals surface area contributed by atoms with Crippen molar-refractivity contribution in [3.05, 3.63) is 36.0 Å². The Bertz CT molecular complexity index is 563. The minimum Gasteiger partial charge on any atom is -0.404 e. The van der Waals surface area contributed by atoms with Crippen LogP contribution in [-0.4, -0.2) is 31.6 Å². The summed E-state index contributed by atoms with van der Waals surface area (Å²) in [7, 11) is 1.36. The number of allylic oxidation sites excluding steroid dienone is 1. The van der Waals surface area contributed by atoms with E-state index in [-0.39, 0.29) is 18.3 Å². The second-order valence-corrected chi connectivity index (χ2v) is 6.22. The Morgan fingerprint density at radius 2 is 1.81 bits per heavy atom. The van der Waals surface area contributed by atoms with Gasteiger partial charge in [0.25, 0.3) is 0 Å². The molecule has 1 aromatic carbocycles. The molecule has 1 saturated heterocycles. The van der Waals surface area contributed by atoms with E-state index in [0.717, 1.165) is 16.6 Å². The molecule has 112 valence electrons. The number of aliphatic imine (C=N–C) groups is 1. The predicted molar refractivity (Wildman–Crippen MR) is 88.7 cm³/mol. The van der Waals surface area contributed by atoms with Crippen molar-refractivity contribution < 1.29 is 9.31 Å². The van der Waals surface area contributed by atoms with Gasteiger partial charge < -0.3 is 15.0 Å². The largest absolute Gasteiger partial charge is 0.494 e. The van der Waals surface area contributed by atoms with Crippen LogP contribution in [-0.2, 0) is 9.31 Å². The Balaban J connectivity index is 2.31. The first kappa shape index (κ1) is 15.8. The predicted octanol–water partition coefficient (Wildman–Crippen LogP) is 1.99. The topological polar surface area (TPSA) is 56.8 Å².